The molecule has 0 radical (unpaired) electrons. The molecule has 1 aromatic rings. The molecule has 12 heavy (non-hydrogen) atoms. The third-order valence-electron chi connectivity index (χ3n) is 1.81. The number of aromatic nitrogens is 1. The normalized spacial score (nSPS) is 20.6. The van der Waals surface area contributed by atoms with E-state index in [0.29, 0.717) is 11.0 Å². The van der Waals surface area contributed by atoms with E-state index in [0.717, 1.165) is 10.6 Å². The Morgan fingerprint density at radius 1 is 1.42 bits per heavy atom. The van der Waals surface area contributed by atoms with Crippen molar-refractivity contribution >= 4 is 28.6 Å². The van der Waals surface area contributed by atoms with Crippen molar-refractivity contribution in [1.29, 1.82) is 0 Å². The Morgan fingerprint density at radius 2 is 2.17 bits per heavy atom. The summed E-state index contributed by atoms with van der Waals surface area (Å²) < 4.78 is 0. The topological polar surface area (TPSA) is 38.9 Å². The number of thiazole rings is 1. The van der Waals surface area contributed by atoms with Crippen LogP contribution in [0.1, 0.15) is 17.5 Å². The minimum absolute atomic E-state index is 0.493. The molecule has 0 aliphatic heterocycles. The first kappa shape index (κ1) is 7.55. The van der Waals surface area contributed by atoms with Crippen molar-refractivity contribution in [2.24, 2.45) is 5.92 Å². The summed E-state index contributed by atoms with van der Waals surface area (Å²) in [6, 6.07) is 0. The number of rotatable bonds is 0. The van der Waals surface area contributed by atoms with E-state index < -0.39 is 0 Å². The largest absolute Gasteiger partial charge is 0.375 e. The molecule has 1 aliphatic rings. The lowest BCUT2D eigenvalue weighted by atomic mass is 10.2. The number of nitrogens with zero attached hydrogens (tertiary/aromatic N) is 1. The van der Waals surface area contributed by atoms with Gasteiger partial charge in [-0.15, -0.1) is 0 Å². The lowest BCUT2D eigenvalue weighted by Gasteiger charge is -1.91. The Bertz CT molecular complexity index is 318. The van der Waals surface area contributed by atoms with Crippen LogP contribution >= 0.6 is 11.3 Å². The maximum Gasteiger partial charge on any atom is 0.181 e. The number of hydrogen-bond donors (Lipinski definition) is 1. The molecule has 62 valence electrons. The third kappa shape index (κ3) is 1.28. The summed E-state index contributed by atoms with van der Waals surface area (Å²) in [4.78, 5) is 5.36. The van der Waals surface area contributed by atoms with Gasteiger partial charge in [0.2, 0.25) is 0 Å². The minimum Gasteiger partial charge on any atom is -0.375 e. The van der Waals surface area contributed by atoms with Crippen molar-refractivity contribution < 1.29 is 0 Å². The molecule has 1 aliphatic carbocycles. The van der Waals surface area contributed by atoms with Gasteiger partial charge in [0.15, 0.2) is 5.13 Å². The van der Waals surface area contributed by atoms with Crippen LogP contribution in [0.25, 0.3) is 12.2 Å². The highest BCUT2D eigenvalue weighted by Gasteiger charge is 2.06. The molecule has 0 saturated carbocycles. The van der Waals surface area contributed by atoms with E-state index >= 15 is 0 Å². The summed E-state index contributed by atoms with van der Waals surface area (Å²) >= 11 is 1.53. The second-order valence-electron chi connectivity index (χ2n) is 2.88. The number of hydrogen-bond acceptors (Lipinski definition) is 3. The summed E-state index contributed by atoms with van der Waals surface area (Å²) in [7, 11) is 0. The van der Waals surface area contributed by atoms with Gasteiger partial charge in [0, 0.05) is 0 Å². The Labute approximate surface area is 75.4 Å². The lowest BCUT2D eigenvalue weighted by molar-refractivity contribution is 0.953. The first-order chi connectivity index (χ1) is 5.75. The van der Waals surface area contributed by atoms with Crippen LogP contribution in [0.2, 0.25) is 0 Å². The van der Waals surface area contributed by atoms with E-state index in [1.54, 1.807) is 0 Å². The van der Waals surface area contributed by atoms with Gasteiger partial charge in [-0.1, -0.05) is 30.4 Å². The Hall–Kier alpha value is -1.09. The second-order valence-corrected chi connectivity index (χ2v) is 3.94. The summed E-state index contributed by atoms with van der Waals surface area (Å²) in [5.74, 6) is 0.493. The molecule has 1 unspecified atom stereocenters. The van der Waals surface area contributed by atoms with E-state index in [9.17, 15) is 0 Å². The van der Waals surface area contributed by atoms with Crippen LogP contribution < -0.4 is 5.73 Å². The Kier molecular flexibility index (Phi) is 1.73. The number of allylic oxidation sites excluding steroid dienone is 2. The summed E-state index contributed by atoms with van der Waals surface area (Å²) in [5, 5.41) is 0.642. The van der Waals surface area contributed by atoms with E-state index in [4.69, 9.17) is 5.73 Å². The molecular weight excluding hydrogens is 168 g/mol. The SMILES string of the molecule is CC1C=Cc2nc(N)sc2C=C1. The molecule has 0 bridgehead atoms. The summed E-state index contributed by atoms with van der Waals surface area (Å²) in [6.07, 6.45) is 8.41. The van der Waals surface area contributed by atoms with Gasteiger partial charge in [-0.05, 0) is 18.1 Å². The predicted octanol–water partition coefficient (Wildman–Crippen LogP) is 2.40. The monoisotopic (exact) mass is 178 g/mol. The van der Waals surface area contributed by atoms with E-state index in [1.165, 1.54) is 11.3 Å². The van der Waals surface area contributed by atoms with Crippen LogP contribution in [0, 0.1) is 5.92 Å². The van der Waals surface area contributed by atoms with Gasteiger partial charge >= 0.3 is 0 Å². The van der Waals surface area contributed by atoms with Crippen molar-refractivity contribution in [3.63, 3.8) is 0 Å². The molecule has 0 aromatic carbocycles. The number of fused-ring (bicyclic) bond motifs is 1. The third-order valence-corrected chi connectivity index (χ3v) is 2.67. The smallest absolute Gasteiger partial charge is 0.181 e. The highest BCUT2D eigenvalue weighted by molar-refractivity contribution is 7.16. The molecule has 2 N–H and O–H groups in total. The first-order valence-corrected chi connectivity index (χ1v) is 4.70. The maximum absolute atomic E-state index is 5.58. The summed E-state index contributed by atoms with van der Waals surface area (Å²) in [5.41, 5.74) is 6.58. The zero-order chi connectivity index (χ0) is 8.55. The highest BCUT2D eigenvalue weighted by Crippen LogP contribution is 2.26. The molecule has 1 atom stereocenters. The van der Waals surface area contributed by atoms with E-state index in [2.05, 4.69) is 30.1 Å². The molecule has 1 heterocycles. The fraction of sp³-hybridized carbons (Fsp3) is 0.222. The molecule has 2 nitrogen and oxygen atoms in total. The molecule has 0 fully saturated rings. The number of nitrogen functional groups attached to an aromatic ring is 1. The second kappa shape index (κ2) is 2.75. The quantitative estimate of drug-likeness (QED) is 0.662. The fourth-order valence-corrected chi connectivity index (χ4v) is 1.88. The average molecular weight is 178 g/mol. The molecular formula is C9H10N2S. The van der Waals surface area contributed by atoms with Crippen molar-refractivity contribution in [2.45, 2.75) is 6.92 Å². The van der Waals surface area contributed by atoms with Gasteiger partial charge in [-0.2, -0.15) is 0 Å². The van der Waals surface area contributed by atoms with Gasteiger partial charge in [-0.25, -0.2) is 4.98 Å². The molecule has 2 rings (SSSR count). The van der Waals surface area contributed by atoms with E-state index in [-0.39, 0.29) is 0 Å². The van der Waals surface area contributed by atoms with Gasteiger partial charge in [-0.3, -0.25) is 0 Å². The average Bonchev–Trinajstić information content (AvgIpc) is 2.31. The van der Waals surface area contributed by atoms with Crippen LogP contribution in [0.15, 0.2) is 12.2 Å². The van der Waals surface area contributed by atoms with Crippen molar-refractivity contribution in [2.75, 3.05) is 5.73 Å². The van der Waals surface area contributed by atoms with Crippen molar-refractivity contribution in [3.8, 4) is 0 Å². The zero-order valence-electron chi connectivity index (χ0n) is 6.82. The summed E-state index contributed by atoms with van der Waals surface area (Å²) in [6.45, 7) is 2.15. The standard InChI is InChI=1S/C9H10N2S/c1-6-2-4-7-8(5-3-6)12-9(10)11-7/h2-6H,1H3,(H2,10,11). The molecule has 0 amide bonds. The Morgan fingerprint density at radius 3 is 3.00 bits per heavy atom. The molecule has 0 spiro atoms. The van der Waals surface area contributed by atoms with Gasteiger partial charge in [0.1, 0.15) is 0 Å². The number of anilines is 1. The first-order valence-electron chi connectivity index (χ1n) is 3.88. The predicted molar refractivity (Wildman–Crippen MR) is 53.8 cm³/mol. The van der Waals surface area contributed by atoms with Gasteiger partial charge in [0.25, 0.3) is 0 Å². The van der Waals surface area contributed by atoms with Crippen molar-refractivity contribution in [1.82, 2.24) is 4.98 Å². The van der Waals surface area contributed by atoms with Crippen molar-refractivity contribution in [3.05, 3.63) is 22.7 Å². The molecule has 0 saturated heterocycles. The van der Waals surface area contributed by atoms with E-state index in [1.807, 2.05) is 6.08 Å². The van der Waals surface area contributed by atoms with Crippen LogP contribution in [0.5, 0.6) is 0 Å². The molecule has 3 heteroatoms. The maximum atomic E-state index is 5.58. The van der Waals surface area contributed by atoms with Crippen LogP contribution in [0.4, 0.5) is 5.13 Å². The van der Waals surface area contributed by atoms with Crippen LogP contribution in [-0.4, -0.2) is 4.98 Å². The highest BCUT2D eigenvalue weighted by atomic mass is 32.1. The van der Waals surface area contributed by atoms with Gasteiger partial charge < -0.3 is 5.73 Å². The zero-order valence-corrected chi connectivity index (χ0v) is 7.64. The Balaban J connectivity index is 2.49. The molecule has 1 aromatic heterocycles. The van der Waals surface area contributed by atoms with Gasteiger partial charge in [0.05, 0.1) is 10.6 Å². The lowest BCUT2D eigenvalue weighted by Crippen LogP contribution is -1.82. The van der Waals surface area contributed by atoms with Crippen LogP contribution in [-0.2, 0) is 0 Å². The number of nitrogens with two attached hydrogens (primary N) is 1. The minimum atomic E-state index is 0.493. The fourth-order valence-electron chi connectivity index (χ4n) is 1.15. The van der Waals surface area contributed by atoms with Crippen LogP contribution in [0.3, 0.4) is 0 Å².